The molecule has 0 aliphatic carbocycles. The number of nitrogens with one attached hydrogen (secondary N) is 3. The lowest BCUT2D eigenvalue weighted by Crippen LogP contribution is -2.71. The van der Waals surface area contributed by atoms with Crippen molar-refractivity contribution in [1.82, 2.24) is 16.0 Å². The second kappa shape index (κ2) is 52.9. The third-order valence-electron chi connectivity index (χ3n) is 22.2. The zero-order valence-electron chi connectivity index (χ0n) is 66.8. The van der Waals surface area contributed by atoms with Gasteiger partial charge in [-0.1, -0.05) is 193 Å². The van der Waals surface area contributed by atoms with Crippen LogP contribution >= 0.6 is 0 Å². The Labute approximate surface area is 664 Å². The number of aliphatic hydroxyl groups excluding tert-OH is 17. The molecule has 0 aromatic carbocycles. The van der Waals surface area contributed by atoms with Crippen molar-refractivity contribution in [3.63, 3.8) is 0 Å². The van der Waals surface area contributed by atoms with Gasteiger partial charge in [-0.05, 0) is 26.2 Å². The summed E-state index contributed by atoms with van der Waals surface area (Å²) in [5, 5.41) is 199. The Morgan fingerprint density at radius 1 is 0.363 bits per heavy atom. The summed E-state index contributed by atoms with van der Waals surface area (Å²) in [5.74, 6) is -2.05. The minimum atomic E-state index is -2.25. The van der Waals surface area contributed by atoms with Crippen molar-refractivity contribution >= 4 is 17.7 Å². The number of allylic oxidation sites excluding steroid dienone is 1. The van der Waals surface area contributed by atoms with Crippen LogP contribution in [-0.4, -0.2) is 340 Å². The lowest BCUT2D eigenvalue weighted by molar-refractivity contribution is -0.401. The number of ether oxygens (including phenoxy) is 12. The van der Waals surface area contributed by atoms with E-state index in [1.54, 1.807) is 6.08 Å². The van der Waals surface area contributed by atoms with Crippen molar-refractivity contribution in [2.45, 2.75) is 424 Å². The van der Waals surface area contributed by atoms with Gasteiger partial charge in [0.1, 0.15) is 140 Å². The maximum absolute atomic E-state index is 13.6. The third-order valence-corrected chi connectivity index (χ3v) is 22.2. The fraction of sp³-hybridized carbons (Fsp3) is 0.936. The average molecular weight is 1630 g/mol. The Bertz CT molecular complexity index is 2620. The number of aliphatic hydroxyl groups is 17. The summed E-state index contributed by atoms with van der Waals surface area (Å²) in [5.41, 5.74) is 0. The predicted octanol–water partition coefficient (Wildman–Crippen LogP) is -0.616. The molecule has 12 unspecified atom stereocenters. The van der Waals surface area contributed by atoms with E-state index in [1.165, 1.54) is 129 Å². The Hall–Kier alpha value is -3.01. The molecule has 6 aliphatic rings. The van der Waals surface area contributed by atoms with Crippen molar-refractivity contribution in [3.05, 3.63) is 12.2 Å². The Kier molecular flexibility index (Phi) is 46.3. The van der Waals surface area contributed by atoms with Crippen LogP contribution in [0.4, 0.5) is 0 Å². The zero-order chi connectivity index (χ0) is 82.7. The molecule has 0 aromatic heterocycles. The van der Waals surface area contributed by atoms with Crippen molar-refractivity contribution in [3.8, 4) is 0 Å². The summed E-state index contributed by atoms with van der Waals surface area (Å²) >= 11 is 0. The van der Waals surface area contributed by atoms with Crippen molar-refractivity contribution < 1.29 is 158 Å². The van der Waals surface area contributed by atoms with Crippen LogP contribution in [0.25, 0.3) is 0 Å². The first-order chi connectivity index (χ1) is 54.3. The van der Waals surface area contributed by atoms with Gasteiger partial charge in [0.15, 0.2) is 37.7 Å². The summed E-state index contributed by atoms with van der Waals surface area (Å²) in [6.07, 6.45) is -18.4. The molecule has 20 N–H and O–H groups in total. The molecule has 6 aliphatic heterocycles. The molecule has 6 fully saturated rings. The first-order valence-electron chi connectivity index (χ1n) is 41.8. The highest BCUT2D eigenvalue weighted by Crippen LogP contribution is 2.39. The number of hydrogen-bond donors (Lipinski definition) is 20. The quantitative estimate of drug-likeness (QED) is 0.0267. The molecule has 113 heavy (non-hydrogen) atoms. The van der Waals surface area contributed by atoms with E-state index in [2.05, 4.69) is 29.8 Å². The van der Waals surface area contributed by atoms with E-state index in [4.69, 9.17) is 56.8 Å². The molecule has 0 aromatic rings. The van der Waals surface area contributed by atoms with Crippen LogP contribution in [0.3, 0.4) is 0 Å². The second-order valence-electron chi connectivity index (χ2n) is 31.3. The van der Waals surface area contributed by atoms with Gasteiger partial charge in [0.25, 0.3) is 0 Å². The predicted molar refractivity (Wildman–Crippen MR) is 402 cm³/mol. The third kappa shape index (κ3) is 30.6. The maximum atomic E-state index is 13.6. The molecule has 3 amide bonds. The summed E-state index contributed by atoms with van der Waals surface area (Å²) in [4.78, 5) is 39.4. The van der Waals surface area contributed by atoms with Crippen LogP contribution in [-0.2, 0) is 71.2 Å². The number of carbonyl (C=O) groups excluding carboxylic acids is 3. The lowest BCUT2D eigenvalue weighted by atomic mass is 9.93. The molecule has 0 saturated carbocycles. The van der Waals surface area contributed by atoms with Gasteiger partial charge < -0.3 is 160 Å². The highest BCUT2D eigenvalue weighted by atomic mass is 16.8. The monoisotopic (exact) mass is 1630 g/mol. The van der Waals surface area contributed by atoms with Crippen LogP contribution in [0.2, 0.25) is 0 Å². The molecule has 35 nitrogen and oxygen atoms in total. The summed E-state index contributed by atoms with van der Waals surface area (Å²) in [7, 11) is 0. The molecule has 35 heteroatoms. The normalized spacial score (nSPS) is 37.0. The van der Waals surface area contributed by atoms with Crippen LogP contribution in [0.5, 0.6) is 0 Å². The van der Waals surface area contributed by atoms with E-state index in [-0.39, 0.29) is 12.3 Å². The number of unbranched alkanes of at least 4 members (excludes halogenated alkanes) is 27. The standard InChI is InChI=1S/C78H141N3O32/c1-6-8-10-12-14-16-18-20-21-22-23-25-27-29-31-33-35-37-54(90)81-47(48(89)36-34-32-30-28-26-24-19-17-15-13-11-9-7-2)43-102-75-66(100)64(98)68(53(42-86)108-75)109-77-67(101)70(60(94)51(40-84)106-77)111-74-56(80-46(5)88)69(59(93)50(39-83)105-74)110-78-72(113-76-65(99)63(97)57(91)44(3)103-76)71(61(95)52(41-85)107-78)112-73-55(79-45(4)87)62(96)58(92)49(38-82)104-73/h34,36,44,47-53,55-78,82-86,89,91-101H,6-33,35,37-43H2,1-5H3,(H,79,87)(H,80,88)(H,81,90)/b36-34+/t44?,47-,48+,49?,50?,51?,52?,53?,55?,56?,57+,58-,59+,60-,61-,62+,63?,64+,65-,66?,67?,68+,69+,70-,71-,72?,73+,74-,75+,76+,77-,78-/m0/s1. The highest BCUT2D eigenvalue weighted by molar-refractivity contribution is 5.76. The smallest absolute Gasteiger partial charge is 0.220 e. The van der Waals surface area contributed by atoms with Gasteiger partial charge in [0.05, 0.1) is 57.9 Å². The summed E-state index contributed by atoms with van der Waals surface area (Å²) in [6.45, 7) is 2.22. The Morgan fingerprint density at radius 3 is 1.25 bits per heavy atom. The van der Waals surface area contributed by atoms with Gasteiger partial charge in [-0.3, -0.25) is 14.4 Å². The van der Waals surface area contributed by atoms with Gasteiger partial charge in [-0.2, -0.15) is 0 Å². The van der Waals surface area contributed by atoms with Crippen LogP contribution in [0.1, 0.15) is 227 Å². The van der Waals surface area contributed by atoms with Crippen molar-refractivity contribution in [2.24, 2.45) is 0 Å². The summed E-state index contributed by atoms with van der Waals surface area (Å²) in [6, 6.07) is -4.68. The molecule has 32 atom stereocenters. The van der Waals surface area contributed by atoms with Crippen LogP contribution < -0.4 is 16.0 Å². The van der Waals surface area contributed by atoms with Gasteiger partial charge in [0.2, 0.25) is 17.7 Å². The number of rotatable bonds is 53. The molecule has 0 bridgehead atoms. The van der Waals surface area contributed by atoms with E-state index in [0.717, 1.165) is 65.2 Å². The van der Waals surface area contributed by atoms with Gasteiger partial charge >= 0.3 is 0 Å². The van der Waals surface area contributed by atoms with E-state index >= 15 is 0 Å². The molecule has 6 rings (SSSR count). The number of hydrogen-bond acceptors (Lipinski definition) is 32. The first-order valence-corrected chi connectivity index (χ1v) is 41.8. The number of carbonyl (C=O) groups is 3. The molecule has 6 heterocycles. The molecule has 0 spiro atoms. The minimum absolute atomic E-state index is 0.169. The van der Waals surface area contributed by atoms with Gasteiger partial charge in [0, 0.05) is 20.3 Å². The van der Waals surface area contributed by atoms with E-state index in [1.807, 2.05) is 6.08 Å². The van der Waals surface area contributed by atoms with E-state index < -0.39 is 248 Å². The molecule has 0 radical (unpaired) electrons. The fourth-order valence-corrected chi connectivity index (χ4v) is 15.4. The fourth-order valence-electron chi connectivity index (χ4n) is 15.4. The van der Waals surface area contributed by atoms with E-state index in [9.17, 15) is 101 Å². The van der Waals surface area contributed by atoms with Gasteiger partial charge in [-0.15, -0.1) is 0 Å². The minimum Gasteiger partial charge on any atom is -0.394 e. The average Bonchev–Trinajstić information content (AvgIpc) is 0.761. The SMILES string of the molecule is CCCCCCCCCCCCC/C=C/[C@@H](O)[C@H](CO[C@@H]1OC(CO)[C@@H](O[C@@H]2OC(CO)[C@H](O)[C@H](O[C@@H]3OC(CO)[C@@H](O)[C@H](O[C@@H]4OC(CO)[C@H](O)[C@H](O[C@H]5OC(CO)[C@H](O)[C@H](O)C5NC(C)=O)C4O[C@H]4OC(C)[C@@H](O)C(O)[C@@H]4O)C3NC(C)=O)C2O)[C@H](O)C1O)NC(=O)CCCCCCCCCCCCCCCCCCC. The van der Waals surface area contributed by atoms with Crippen LogP contribution in [0.15, 0.2) is 12.2 Å². The maximum Gasteiger partial charge on any atom is 0.220 e. The van der Waals surface area contributed by atoms with Crippen molar-refractivity contribution in [2.75, 3.05) is 39.6 Å². The Balaban J connectivity index is 1.15. The molecule has 660 valence electrons. The Morgan fingerprint density at radius 2 is 0.743 bits per heavy atom. The molecular formula is C78H141N3O32. The van der Waals surface area contributed by atoms with Crippen LogP contribution in [0, 0.1) is 0 Å². The largest absolute Gasteiger partial charge is 0.394 e. The zero-order valence-corrected chi connectivity index (χ0v) is 66.8. The second-order valence-corrected chi connectivity index (χ2v) is 31.3. The molecular weight excluding hydrogens is 1490 g/mol. The topological polar surface area (TPSA) is 542 Å². The van der Waals surface area contributed by atoms with E-state index in [0.29, 0.717) is 12.8 Å². The van der Waals surface area contributed by atoms with Gasteiger partial charge in [-0.25, -0.2) is 0 Å². The lowest BCUT2D eigenvalue weighted by Gasteiger charge is -2.52. The van der Waals surface area contributed by atoms with Crippen molar-refractivity contribution in [1.29, 1.82) is 0 Å². The first kappa shape index (κ1) is 98.8. The highest BCUT2D eigenvalue weighted by Gasteiger charge is 2.59. The number of amides is 3. The summed E-state index contributed by atoms with van der Waals surface area (Å²) < 4.78 is 72.6. The molecule has 6 saturated heterocycles.